The van der Waals surface area contributed by atoms with Crippen molar-refractivity contribution < 1.29 is 5.11 Å². The summed E-state index contributed by atoms with van der Waals surface area (Å²) in [7, 11) is 2.08. The molecular weight excluding hydrogens is 248 g/mol. The van der Waals surface area contributed by atoms with Gasteiger partial charge in [-0.2, -0.15) is 0 Å². The highest BCUT2D eigenvalue weighted by Gasteiger charge is 2.13. The van der Waals surface area contributed by atoms with Gasteiger partial charge in [0.25, 0.3) is 0 Å². The van der Waals surface area contributed by atoms with Crippen LogP contribution in [-0.2, 0) is 0 Å². The van der Waals surface area contributed by atoms with Gasteiger partial charge in [0.1, 0.15) is 0 Å². The molecule has 0 saturated carbocycles. The second-order valence-corrected chi connectivity index (χ2v) is 5.62. The van der Waals surface area contributed by atoms with Crippen LogP contribution in [0.15, 0.2) is 16.6 Å². The average Bonchev–Trinajstić information content (AvgIpc) is 2.42. The lowest BCUT2D eigenvalue weighted by molar-refractivity contribution is 0.150. The second kappa shape index (κ2) is 12.1. The Labute approximate surface area is 125 Å². The van der Waals surface area contributed by atoms with Crippen molar-refractivity contribution in [3.63, 3.8) is 0 Å². The summed E-state index contributed by atoms with van der Waals surface area (Å²) in [6.45, 7) is 11.1. The lowest BCUT2D eigenvalue weighted by Crippen LogP contribution is -2.31. The summed E-state index contributed by atoms with van der Waals surface area (Å²) in [6, 6.07) is 0. The Morgan fingerprint density at radius 2 is 1.90 bits per heavy atom. The Kier molecular flexibility index (Phi) is 11.7. The molecule has 0 bridgehead atoms. The van der Waals surface area contributed by atoms with Crippen molar-refractivity contribution in [2.24, 2.45) is 4.99 Å². The van der Waals surface area contributed by atoms with E-state index >= 15 is 0 Å². The molecule has 1 atom stereocenters. The normalized spacial score (nSPS) is 14.9. The largest absolute Gasteiger partial charge is 0.387 e. The van der Waals surface area contributed by atoms with Crippen LogP contribution in [0, 0.1) is 0 Å². The number of hydrogen-bond donors (Lipinski definition) is 1. The van der Waals surface area contributed by atoms with E-state index in [1.165, 1.54) is 12.8 Å². The number of unbranched alkanes of at least 4 members (excludes halogenated alkanes) is 1. The summed E-state index contributed by atoms with van der Waals surface area (Å²) in [5.74, 6) is 0. The van der Waals surface area contributed by atoms with Crippen LogP contribution < -0.4 is 0 Å². The van der Waals surface area contributed by atoms with Crippen molar-refractivity contribution >= 4 is 5.71 Å². The van der Waals surface area contributed by atoms with Gasteiger partial charge >= 0.3 is 0 Å². The first-order chi connectivity index (χ1) is 9.54. The van der Waals surface area contributed by atoms with Crippen molar-refractivity contribution in [1.82, 2.24) is 4.90 Å². The molecular formula is C17H34N2O. The van der Waals surface area contributed by atoms with Crippen LogP contribution in [0.1, 0.15) is 59.8 Å². The Bertz CT molecular complexity index is 297. The number of aliphatic imine (C=N–C) groups is 1. The zero-order valence-electron chi connectivity index (χ0n) is 14.2. The van der Waals surface area contributed by atoms with Crippen LogP contribution in [-0.4, -0.2) is 48.5 Å². The molecule has 0 saturated heterocycles. The second-order valence-electron chi connectivity index (χ2n) is 5.62. The van der Waals surface area contributed by atoms with Crippen LogP contribution >= 0.6 is 0 Å². The minimum atomic E-state index is -0.372. The minimum absolute atomic E-state index is 0.372. The van der Waals surface area contributed by atoms with Crippen LogP contribution in [0.3, 0.4) is 0 Å². The van der Waals surface area contributed by atoms with Gasteiger partial charge in [0.05, 0.1) is 6.10 Å². The fourth-order valence-corrected chi connectivity index (χ4v) is 2.16. The quantitative estimate of drug-likeness (QED) is 0.587. The van der Waals surface area contributed by atoms with Crippen LogP contribution in [0.25, 0.3) is 0 Å². The van der Waals surface area contributed by atoms with Gasteiger partial charge in [0.2, 0.25) is 0 Å². The summed E-state index contributed by atoms with van der Waals surface area (Å²) in [5.41, 5.74) is 2.15. The van der Waals surface area contributed by atoms with Gasteiger partial charge in [-0.15, -0.1) is 0 Å². The van der Waals surface area contributed by atoms with Gasteiger partial charge in [-0.1, -0.05) is 33.6 Å². The Balaban J connectivity index is 4.59. The third-order valence-corrected chi connectivity index (χ3v) is 3.32. The maximum absolute atomic E-state index is 10.4. The molecule has 0 aliphatic rings. The summed E-state index contributed by atoms with van der Waals surface area (Å²) in [5, 5.41) is 10.4. The zero-order valence-corrected chi connectivity index (χ0v) is 14.2. The van der Waals surface area contributed by atoms with E-state index in [9.17, 15) is 5.11 Å². The number of rotatable bonds is 11. The molecule has 0 fully saturated rings. The van der Waals surface area contributed by atoms with Crippen molar-refractivity contribution in [2.75, 3.05) is 26.7 Å². The maximum atomic E-state index is 10.4. The van der Waals surface area contributed by atoms with E-state index in [2.05, 4.69) is 43.8 Å². The van der Waals surface area contributed by atoms with Gasteiger partial charge in [-0.25, -0.2) is 0 Å². The van der Waals surface area contributed by atoms with E-state index in [0.717, 1.165) is 43.6 Å². The molecule has 0 spiro atoms. The monoisotopic (exact) mass is 282 g/mol. The highest BCUT2D eigenvalue weighted by molar-refractivity contribution is 5.93. The summed E-state index contributed by atoms with van der Waals surface area (Å²) < 4.78 is 0. The molecule has 0 aliphatic heterocycles. The van der Waals surface area contributed by atoms with Crippen molar-refractivity contribution in [3.05, 3.63) is 11.6 Å². The molecule has 0 rings (SSSR count). The highest BCUT2D eigenvalue weighted by atomic mass is 16.3. The van der Waals surface area contributed by atoms with E-state index < -0.39 is 0 Å². The first-order valence-electron chi connectivity index (χ1n) is 8.13. The molecule has 0 aromatic heterocycles. The standard InChI is InChI=1S/C17H34N2O/c1-6-9-12-19(5)14-17(20)16(10-7-2)13-15(4)18-11-8-3/h13,17,20H,6-12,14H2,1-5H3/b16-13+,18-15?. The fraction of sp³-hybridized carbons (Fsp3) is 0.824. The molecule has 3 nitrogen and oxygen atoms in total. The van der Waals surface area contributed by atoms with Gasteiger partial charge < -0.3 is 10.0 Å². The first-order valence-corrected chi connectivity index (χ1v) is 8.13. The molecule has 0 amide bonds. The highest BCUT2D eigenvalue weighted by Crippen LogP contribution is 2.12. The molecule has 1 unspecified atom stereocenters. The lowest BCUT2D eigenvalue weighted by Gasteiger charge is -2.22. The Hall–Kier alpha value is -0.670. The number of nitrogens with zero attached hydrogens (tertiary/aromatic N) is 2. The van der Waals surface area contributed by atoms with Gasteiger partial charge in [-0.05, 0) is 51.4 Å². The van der Waals surface area contributed by atoms with Gasteiger partial charge in [0, 0.05) is 18.8 Å². The molecule has 0 heterocycles. The van der Waals surface area contributed by atoms with Crippen molar-refractivity contribution in [1.29, 1.82) is 0 Å². The average molecular weight is 282 g/mol. The van der Waals surface area contributed by atoms with Crippen LogP contribution in [0.2, 0.25) is 0 Å². The number of allylic oxidation sites excluding steroid dienone is 1. The summed E-state index contributed by atoms with van der Waals surface area (Å²) >= 11 is 0. The third-order valence-electron chi connectivity index (χ3n) is 3.32. The fourth-order valence-electron chi connectivity index (χ4n) is 2.16. The number of hydrogen-bond acceptors (Lipinski definition) is 3. The molecule has 1 N–H and O–H groups in total. The zero-order chi connectivity index (χ0) is 15.4. The number of aliphatic hydroxyl groups excluding tert-OH is 1. The van der Waals surface area contributed by atoms with E-state index in [1.807, 2.05) is 6.92 Å². The lowest BCUT2D eigenvalue weighted by atomic mass is 10.0. The first kappa shape index (κ1) is 19.3. The van der Waals surface area contributed by atoms with Gasteiger partial charge in [0.15, 0.2) is 0 Å². The van der Waals surface area contributed by atoms with Crippen molar-refractivity contribution in [3.8, 4) is 0 Å². The number of likely N-dealkylation sites (N-methyl/N-ethyl adjacent to an activating group) is 1. The maximum Gasteiger partial charge on any atom is 0.0880 e. The molecule has 0 aromatic carbocycles. The van der Waals surface area contributed by atoms with Gasteiger partial charge in [-0.3, -0.25) is 4.99 Å². The predicted octanol–water partition coefficient (Wildman–Crippen LogP) is 3.68. The smallest absolute Gasteiger partial charge is 0.0880 e. The van der Waals surface area contributed by atoms with Crippen LogP contribution in [0.4, 0.5) is 0 Å². The third kappa shape index (κ3) is 9.27. The topological polar surface area (TPSA) is 35.8 Å². The Morgan fingerprint density at radius 3 is 2.45 bits per heavy atom. The van der Waals surface area contributed by atoms with Crippen molar-refractivity contribution in [2.45, 2.75) is 65.9 Å². The summed E-state index contributed by atoms with van der Waals surface area (Å²) in [6.07, 6.45) is 7.16. The molecule has 0 aliphatic carbocycles. The molecule has 118 valence electrons. The van der Waals surface area contributed by atoms with E-state index in [-0.39, 0.29) is 6.10 Å². The van der Waals surface area contributed by atoms with E-state index in [0.29, 0.717) is 6.54 Å². The van der Waals surface area contributed by atoms with Crippen LogP contribution in [0.5, 0.6) is 0 Å². The number of aliphatic hydroxyl groups is 1. The van der Waals surface area contributed by atoms with E-state index in [1.54, 1.807) is 0 Å². The molecule has 0 radical (unpaired) electrons. The Morgan fingerprint density at radius 1 is 1.20 bits per heavy atom. The SMILES string of the molecule is CCCCN(C)CC(O)/C(=C/C(C)=NCCC)CCC. The van der Waals surface area contributed by atoms with E-state index in [4.69, 9.17) is 0 Å². The molecule has 20 heavy (non-hydrogen) atoms. The predicted molar refractivity (Wildman–Crippen MR) is 89.7 cm³/mol. The molecule has 3 heteroatoms. The molecule has 0 aromatic rings. The summed E-state index contributed by atoms with van der Waals surface area (Å²) in [4.78, 5) is 6.71. The minimum Gasteiger partial charge on any atom is -0.387 e.